The van der Waals surface area contributed by atoms with Crippen LogP contribution in [0.25, 0.3) is 0 Å². The molecule has 0 aliphatic carbocycles. The van der Waals surface area contributed by atoms with E-state index >= 15 is 0 Å². The Bertz CT molecular complexity index is 582. The molecule has 140 valence electrons. The predicted molar refractivity (Wildman–Crippen MR) is 102 cm³/mol. The molecule has 2 amide bonds. The molecule has 0 saturated carbocycles. The van der Waals surface area contributed by atoms with Crippen molar-refractivity contribution in [3.63, 3.8) is 0 Å². The Hall–Kier alpha value is -1.47. The van der Waals surface area contributed by atoms with Crippen LogP contribution in [0.5, 0.6) is 0 Å². The van der Waals surface area contributed by atoms with Crippen LogP contribution in [0.1, 0.15) is 43.2 Å². The number of piperidine rings is 1. The number of hydrogen-bond donors (Lipinski definition) is 1. The second kappa shape index (κ2) is 9.29. The number of likely N-dealkylation sites (tertiary alicyclic amines) is 1. The van der Waals surface area contributed by atoms with Crippen LogP contribution in [0.3, 0.4) is 0 Å². The van der Waals surface area contributed by atoms with Gasteiger partial charge < -0.3 is 10.2 Å². The summed E-state index contributed by atoms with van der Waals surface area (Å²) >= 11 is 1.50. The Balaban J connectivity index is 1.83. The zero-order chi connectivity index (χ0) is 18.4. The number of carbonyl (C=O) groups is 2. The topological polar surface area (TPSA) is 65.5 Å². The summed E-state index contributed by atoms with van der Waals surface area (Å²) in [5.74, 6) is 0.165. The van der Waals surface area contributed by atoms with Crippen LogP contribution in [0.4, 0.5) is 5.13 Å². The van der Waals surface area contributed by atoms with Crippen molar-refractivity contribution < 1.29 is 9.59 Å². The summed E-state index contributed by atoms with van der Waals surface area (Å²) in [5.41, 5.74) is 0.957. The second-order valence-corrected chi connectivity index (χ2v) is 8.10. The van der Waals surface area contributed by atoms with E-state index in [1.54, 1.807) is 0 Å². The van der Waals surface area contributed by atoms with Crippen LogP contribution < -0.4 is 5.32 Å². The summed E-state index contributed by atoms with van der Waals surface area (Å²) in [6.45, 7) is 8.74. The Labute approximate surface area is 154 Å². The molecule has 2 rings (SSSR count). The molecular formula is C18H30N4O2S. The number of carbonyl (C=O) groups excluding carboxylic acids is 2. The lowest BCUT2D eigenvalue weighted by molar-refractivity contribution is -0.136. The van der Waals surface area contributed by atoms with Crippen LogP contribution in [0, 0.1) is 19.8 Å². The summed E-state index contributed by atoms with van der Waals surface area (Å²) in [4.78, 5) is 34.2. The fraction of sp³-hybridized carbons (Fsp3) is 0.722. The van der Waals surface area contributed by atoms with E-state index in [9.17, 15) is 9.59 Å². The first-order valence-corrected chi connectivity index (χ1v) is 9.93. The molecule has 7 heteroatoms. The molecule has 1 saturated heterocycles. The van der Waals surface area contributed by atoms with E-state index in [0.717, 1.165) is 49.3 Å². The number of thiazole rings is 1. The third-order valence-electron chi connectivity index (χ3n) is 4.72. The van der Waals surface area contributed by atoms with E-state index in [-0.39, 0.29) is 17.7 Å². The molecule has 1 unspecified atom stereocenters. The Morgan fingerprint density at radius 2 is 2.16 bits per heavy atom. The van der Waals surface area contributed by atoms with E-state index in [4.69, 9.17) is 0 Å². The molecule has 1 aromatic heterocycles. The Morgan fingerprint density at radius 3 is 2.80 bits per heavy atom. The van der Waals surface area contributed by atoms with E-state index in [1.165, 1.54) is 11.3 Å². The molecule has 25 heavy (non-hydrogen) atoms. The largest absolute Gasteiger partial charge is 0.345 e. The highest BCUT2D eigenvalue weighted by Crippen LogP contribution is 2.22. The number of rotatable bonds is 7. The van der Waals surface area contributed by atoms with Crippen LogP contribution in [0.2, 0.25) is 0 Å². The maximum absolute atomic E-state index is 12.6. The molecule has 0 aromatic carbocycles. The van der Waals surface area contributed by atoms with Gasteiger partial charge in [-0.2, -0.15) is 0 Å². The first kappa shape index (κ1) is 19.8. The summed E-state index contributed by atoms with van der Waals surface area (Å²) in [6, 6.07) is 0. The lowest BCUT2D eigenvalue weighted by atomic mass is 9.96. The number of aryl methyl sites for hydroxylation is 2. The third kappa shape index (κ3) is 5.78. The number of aromatic nitrogens is 1. The maximum atomic E-state index is 12.6. The SMILES string of the molecule is CCCCN(C)C(=O)C1CCCN(CC(=O)Nc2nc(C)c(C)s2)C1. The average molecular weight is 367 g/mol. The summed E-state index contributed by atoms with van der Waals surface area (Å²) < 4.78 is 0. The fourth-order valence-corrected chi connectivity index (χ4v) is 3.94. The quantitative estimate of drug-likeness (QED) is 0.806. The minimum Gasteiger partial charge on any atom is -0.345 e. The van der Waals surface area contributed by atoms with Crippen LogP contribution in [-0.2, 0) is 9.59 Å². The van der Waals surface area contributed by atoms with E-state index in [2.05, 4.69) is 22.1 Å². The number of anilines is 1. The molecule has 2 heterocycles. The van der Waals surface area contributed by atoms with Crippen molar-refractivity contribution in [1.29, 1.82) is 0 Å². The van der Waals surface area contributed by atoms with Gasteiger partial charge in [-0.1, -0.05) is 13.3 Å². The van der Waals surface area contributed by atoms with Gasteiger partial charge in [0.25, 0.3) is 0 Å². The smallest absolute Gasteiger partial charge is 0.240 e. The van der Waals surface area contributed by atoms with E-state index < -0.39 is 0 Å². The van der Waals surface area contributed by atoms with Gasteiger partial charge in [-0.3, -0.25) is 14.5 Å². The number of nitrogens with one attached hydrogen (secondary N) is 1. The molecule has 0 radical (unpaired) electrons. The molecule has 1 aliphatic heterocycles. The van der Waals surface area contributed by atoms with Gasteiger partial charge in [-0.15, -0.1) is 11.3 Å². The van der Waals surface area contributed by atoms with Crippen molar-refractivity contribution in [2.45, 2.75) is 46.5 Å². The first-order chi connectivity index (χ1) is 11.9. The summed E-state index contributed by atoms with van der Waals surface area (Å²) in [7, 11) is 1.89. The van der Waals surface area contributed by atoms with Crippen LogP contribution in [0.15, 0.2) is 0 Å². The zero-order valence-electron chi connectivity index (χ0n) is 15.8. The van der Waals surface area contributed by atoms with Gasteiger partial charge >= 0.3 is 0 Å². The first-order valence-electron chi connectivity index (χ1n) is 9.12. The van der Waals surface area contributed by atoms with Crippen LogP contribution in [-0.4, -0.2) is 59.8 Å². The van der Waals surface area contributed by atoms with E-state index in [0.29, 0.717) is 18.2 Å². The molecular weight excluding hydrogens is 336 g/mol. The minimum absolute atomic E-state index is 0.00718. The molecule has 1 aliphatic rings. The highest BCUT2D eigenvalue weighted by molar-refractivity contribution is 7.15. The zero-order valence-corrected chi connectivity index (χ0v) is 16.6. The Kier molecular flexibility index (Phi) is 7.38. The summed E-state index contributed by atoms with van der Waals surface area (Å²) in [6.07, 6.45) is 4.00. The molecule has 0 spiro atoms. The number of amides is 2. The highest BCUT2D eigenvalue weighted by atomic mass is 32.1. The van der Waals surface area contributed by atoms with Gasteiger partial charge in [0.2, 0.25) is 11.8 Å². The van der Waals surface area contributed by atoms with Crippen LogP contribution >= 0.6 is 11.3 Å². The molecule has 0 bridgehead atoms. The third-order valence-corrected chi connectivity index (χ3v) is 5.71. The van der Waals surface area contributed by atoms with Crippen molar-refractivity contribution in [3.05, 3.63) is 10.6 Å². The van der Waals surface area contributed by atoms with Gasteiger partial charge in [0.1, 0.15) is 0 Å². The molecule has 1 N–H and O–H groups in total. The highest BCUT2D eigenvalue weighted by Gasteiger charge is 2.28. The summed E-state index contributed by atoms with van der Waals surface area (Å²) in [5, 5.41) is 3.53. The predicted octanol–water partition coefficient (Wildman–Crippen LogP) is 2.67. The molecule has 1 fully saturated rings. The maximum Gasteiger partial charge on any atom is 0.240 e. The monoisotopic (exact) mass is 366 g/mol. The molecule has 1 aromatic rings. The number of nitrogens with zero attached hydrogens (tertiary/aromatic N) is 3. The van der Waals surface area contributed by atoms with Crippen molar-refractivity contribution in [3.8, 4) is 0 Å². The minimum atomic E-state index is -0.0545. The van der Waals surface area contributed by atoms with E-state index in [1.807, 2.05) is 25.8 Å². The van der Waals surface area contributed by atoms with Gasteiger partial charge in [0, 0.05) is 25.0 Å². The van der Waals surface area contributed by atoms with Crippen molar-refractivity contribution in [2.75, 3.05) is 38.5 Å². The van der Waals surface area contributed by atoms with Crippen molar-refractivity contribution in [2.24, 2.45) is 5.92 Å². The molecule has 1 atom stereocenters. The normalized spacial score (nSPS) is 18.2. The fourth-order valence-electron chi connectivity index (χ4n) is 3.11. The van der Waals surface area contributed by atoms with Gasteiger partial charge in [-0.25, -0.2) is 4.98 Å². The average Bonchev–Trinajstić information content (AvgIpc) is 2.89. The van der Waals surface area contributed by atoms with Gasteiger partial charge in [0.15, 0.2) is 5.13 Å². The molecule has 6 nitrogen and oxygen atoms in total. The standard InChI is InChI=1S/C18H30N4O2S/c1-5-6-9-21(4)17(24)15-8-7-10-22(11-15)12-16(23)20-18-19-13(2)14(3)25-18/h15H,5-12H2,1-4H3,(H,19,20,23). The van der Waals surface area contributed by atoms with Gasteiger partial charge in [0.05, 0.1) is 18.2 Å². The lowest BCUT2D eigenvalue weighted by Gasteiger charge is -2.33. The lowest BCUT2D eigenvalue weighted by Crippen LogP contribution is -2.46. The Morgan fingerprint density at radius 1 is 1.40 bits per heavy atom. The van der Waals surface area contributed by atoms with Crippen molar-refractivity contribution >= 4 is 28.3 Å². The second-order valence-electron chi connectivity index (χ2n) is 6.90. The van der Waals surface area contributed by atoms with Crippen molar-refractivity contribution in [1.82, 2.24) is 14.8 Å². The van der Waals surface area contributed by atoms with Gasteiger partial charge in [-0.05, 0) is 39.7 Å². The number of unbranched alkanes of at least 4 members (excludes halogenated alkanes) is 1. The number of hydrogen-bond acceptors (Lipinski definition) is 5.